The minimum absolute atomic E-state index is 0.105. The summed E-state index contributed by atoms with van der Waals surface area (Å²) in [5, 5.41) is 8.95. The Kier molecular flexibility index (Phi) is 4.52. The average molecular weight is 244 g/mol. The minimum Gasteiger partial charge on any atom is -0.480 e. The molecule has 1 rings (SSSR count). The van der Waals surface area contributed by atoms with Gasteiger partial charge >= 0.3 is 5.97 Å². The van der Waals surface area contributed by atoms with Gasteiger partial charge in [-0.1, -0.05) is 0 Å². The lowest BCUT2D eigenvalue weighted by atomic mass is 9.93. The highest BCUT2D eigenvalue weighted by atomic mass is 16.5. The summed E-state index contributed by atoms with van der Waals surface area (Å²) >= 11 is 0. The minimum atomic E-state index is -1.14. The molecule has 2 unspecified atom stereocenters. The van der Waals surface area contributed by atoms with Crippen LogP contribution in [-0.4, -0.2) is 53.9 Å². The molecule has 1 saturated heterocycles. The van der Waals surface area contributed by atoms with E-state index in [0.717, 1.165) is 25.9 Å². The maximum Gasteiger partial charge on any atom is 0.323 e. The highest BCUT2D eigenvalue weighted by Gasteiger charge is 2.33. The highest BCUT2D eigenvalue weighted by molar-refractivity contribution is 5.77. The Hall–Kier alpha value is -0.650. The van der Waals surface area contributed by atoms with Gasteiger partial charge in [0.1, 0.15) is 5.54 Å². The maximum absolute atomic E-state index is 10.9. The van der Waals surface area contributed by atoms with E-state index in [0.29, 0.717) is 13.0 Å². The number of aliphatic carboxylic acids is 1. The van der Waals surface area contributed by atoms with Crippen molar-refractivity contribution in [3.05, 3.63) is 0 Å². The van der Waals surface area contributed by atoms with E-state index >= 15 is 0 Å². The van der Waals surface area contributed by atoms with E-state index in [1.54, 1.807) is 14.0 Å². The van der Waals surface area contributed by atoms with Gasteiger partial charge in [0, 0.05) is 20.2 Å². The van der Waals surface area contributed by atoms with Gasteiger partial charge in [0.25, 0.3) is 0 Å². The first-order valence-corrected chi connectivity index (χ1v) is 6.09. The van der Waals surface area contributed by atoms with Crippen molar-refractivity contribution >= 4 is 5.97 Å². The zero-order valence-corrected chi connectivity index (χ0v) is 11.0. The molecule has 1 aliphatic heterocycles. The smallest absolute Gasteiger partial charge is 0.323 e. The Bertz CT molecular complexity index is 281. The zero-order valence-electron chi connectivity index (χ0n) is 11.0. The summed E-state index contributed by atoms with van der Waals surface area (Å²) in [6, 6.07) is 0. The van der Waals surface area contributed by atoms with Gasteiger partial charge < -0.3 is 20.5 Å². The van der Waals surface area contributed by atoms with Gasteiger partial charge in [-0.25, -0.2) is 0 Å². The lowest BCUT2D eigenvalue weighted by Gasteiger charge is -2.40. The average Bonchev–Trinajstić information content (AvgIpc) is 2.27. The van der Waals surface area contributed by atoms with E-state index in [-0.39, 0.29) is 5.60 Å². The number of ether oxygens (including phenoxy) is 1. The molecule has 3 N–H and O–H groups in total. The number of hydrogen-bond acceptors (Lipinski definition) is 4. The van der Waals surface area contributed by atoms with Gasteiger partial charge in [0.15, 0.2) is 0 Å². The monoisotopic (exact) mass is 244 g/mol. The fourth-order valence-corrected chi connectivity index (χ4v) is 2.16. The van der Waals surface area contributed by atoms with Crippen LogP contribution in [0.25, 0.3) is 0 Å². The lowest BCUT2D eigenvalue weighted by Crippen LogP contribution is -2.51. The number of carboxylic acid groups (broad SMARTS) is 1. The molecule has 0 spiro atoms. The predicted molar refractivity (Wildman–Crippen MR) is 65.9 cm³/mol. The first-order chi connectivity index (χ1) is 7.79. The summed E-state index contributed by atoms with van der Waals surface area (Å²) in [7, 11) is 1.73. The van der Waals surface area contributed by atoms with Crippen LogP contribution in [0.3, 0.4) is 0 Å². The van der Waals surface area contributed by atoms with Crippen molar-refractivity contribution < 1.29 is 14.6 Å². The van der Waals surface area contributed by atoms with Crippen molar-refractivity contribution in [3.63, 3.8) is 0 Å². The van der Waals surface area contributed by atoms with Crippen molar-refractivity contribution in [1.29, 1.82) is 0 Å². The molecule has 0 aromatic carbocycles. The number of nitrogens with zero attached hydrogens (tertiary/aromatic N) is 1. The summed E-state index contributed by atoms with van der Waals surface area (Å²) in [5.74, 6) is -0.941. The summed E-state index contributed by atoms with van der Waals surface area (Å²) in [6.45, 7) is 6.21. The Balaban J connectivity index is 2.45. The van der Waals surface area contributed by atoms with Crippen LogP contribution in [0.2, 0.25) is 0 Å². The predicted octanol–water partition coefficient (Wildman–Crippen LogP) is 0.679. The van der Waals surface area contributed by atoms with Crippen LogP contribution in [0, 0.1) is 0 Å². The molecular formula is C12H24N2O3. The standard InChI is InChI=1S/C12H24N2O3/c1-11(17-3)5-4-7-14(9-11)8-6-12(2,13)10(15)16/h4-9,13H2,1-3H3,(H,15,16). The Morgan fingerprint density at radius 1 is 1.65 bits per heavy atom. The number of rotatable bonds is 5. The number of nitrogens with two attached hydrogens (primary N) is 1. The number of hydrogen-bond donors (Lipinski definition) is 2. The highest BCUT2D eigenvalue weighted by Crippen LogP contribution is 2.24. The molecule has 5 heteroatoms. The number of methoxy groups -OCH3 is 1. The summed E-state index contributed by atoms with van der Waals surface area (Å²) in [5.41, 5.74) is 4.48. The van der Waals surface area contributed by atoms with Crippen molar-refractivity contribution in [2.75, 3.05) is 26.7 Å². The van der Waals surface area contributed by atoms with E-state index < -0.39 is 11.5 Å². The van der Waals surface area contributed by atoms with Crippen LogP contribution in [0.1, 0.15) is 33.1 Å². The third-order valence-corrected chi connectivity index (χ3v) is 3.67. The molecule has 0 bridgehead atoms. The van der Waals surface area contributed by atoms with Gasteiger partial charge in [0.2, 0.25) is 0 Å². The molecule has 0 amide bonds. The maximum atomic E-state index is 10.9. The fourth-order valence-electron chi connectivity index (χ4n) is 2.16. The third-order valence-electron chi connectivity index (χ3n) is 3.67. The van der Waals surface area contributed by atoms with Crippen LogP contribution in [0.5, 0.6) is 0 Å². The lowest BCUT2D eigenvalue weighted by molar-refractivity contribution is -0.143. The SMILES string of the molecule is COC1(C)CCCN(CCC(C)(N)C(=O)O)C1. The van der Waals surface area contributed by atoms with Gasteiger partial charge in [0.05, 0.1) is 5.60 Å². The van der Waals surface area contributed by atoms with Crippen LogP contribution in [0.4, 0.5) is 0 Å². The number of piperidine rings is 1. The van der Waals surface area contributed by atoms with E-state index in [1.165, 1.54) is 0 Å². The molecule has 0 radical (unpaired) electrons. The van der Waals surface area contributed by atoms with Gasteiger partial charge in [-0.2, -0.15) is 0 Å². The Labute approximate surface area is 103 Å². The van der Waals surface area contributed by atoms with E-state index in [4.69, 9.17) is 15.6 Å². The van der Waals surface area contributed by atoms with Gasteiger partial charge in [-0.15, -0.1) is 0 Å². The second kappa shape index (κ2) is 5.33. The van der Waals surface area contributed by atoms with Crippen molar-refractivity contribution in [2.24, 2.45) is 5.73 Å². The molecule has 100 valence electrons. The van der Waals surface area contributed by atoms with Crippen molar-refractivity contribution in [3.8, 4) is 0 Å². The molecule has 0 aromatic rings. The first-order valence-electron chi connectivity index (χ1n) is 6.09. The summed E-state index contributed by atoms with van der Waals surface area (Å²) in [4.78, 5) is 13.1. The van der Waals surface area contributed by atoms with Crippen LogP contribution in [-0.2, 0) is 9.53 Å². The Morgan fingerprint density at radius 3 is 2.82 bits per heavy atom. The molecule has 17 heavy (non-hydrogen) atoms. The molecular weight excluding hydrogens is 220 g/mol. The first kappa shape index (κ1) is 14.4. The number of likely N-dealkylation sites (tertiary alicyclic amines) is 1. The third kappa shape index (κ3) is 3.94. The van der Waals surface area contributed by atoms with Gasteiger partial charge in [-0.05, 0) is 39.7 Å². The van der Waals surface area contributed by atoms with Crippen LogP contribution < -0.4 is 5.73 Å². The summed E-state index contributed by atoms with van der Waals surface area (Å²) in [6.07, 6.45) is 2.60. The second-order valence-electron chi connectivity index (χ2n) is 5.51. The number of carboxylic acids is 1. The molecule has 0 saturated carbocycles. The molecule has 1 aliphatic rings. The Morgan fingerprint density at radius 2 is 2.29 bits per heavy atom. The molecule has 0 aliphatic carbocycles. The number of carbonyl (C=O) groups is 1. The van der Waals surface area contributed by atoms with E-state index in [9.17, 15) is 4.79 Å². The van der Waals surface area contributed by atoms with Crippen molar-refractivity contribution in [1.82, 2.24) is 4.90 Å². The quantitative estimate of drug-likeness (QED) is 0.744. The normalized spacial score (nSPS) is 29.9. The largest absolute Gasteiger partial charge is 0.480 e. The topological polar surface area (TPSA) is 75.8 Å². The summed E-state index contributed by atoms with van der Waals surface area (Å²) < 4.78 is 5.50. The molecule has 5 nitrogen and oxygen atoms in total. The van der Waals surface area contributed by atoms with E-state index in [2.05, 4.69) is 11.8 Å². The molecule has 2 atom stereocenters. The van der Waals surface area contributed by atoms with Crippen molar-refractivity contribution in [2.45, 2.75) is 44.2 Å². The zero-order chi connectivity index (χ0) is 13.1. The van der Waals surface area contributed by atoms with Gasteiger partial charge in [-0.3, -0.25) is 4.79 Å². The van der Waals surface area contributed by atoms with Crippen LogP contribution in [0.15, 0.2) is 0 Å². The molecule has 1 heterocycles. The molecule has 0 aromatic heterocycles. The molecule has 1 fully saturated rings. The second-order valence-corrected chi connectivity index (χ2v) is 5.51. The van der Waals surface area contributed by atoms with Crippen LogP contribution >= 0.6 is 0 Å². The van der Waals surface area contributed by atoms with E-state index in [1.807, 2.05) is 0 Å². The fraction of sp³-hybridized carbons (Fsp3) is 0.917.